The van der Waals surface area contributed by atoms with E-state index >= 15 is 0 Å². The molecule has 2 unspecified atom stereocenters. The minimum absolute atomic E-state index is 0.0974. The number of hydrogen-bond donors (Lipinski definition) is 1. The molecule has 5 rings (SSSR count). The first-order valence-corrected chi connectivity index (χ1v) is 11.4. The molecule has 1 fully saturated rings. The second-order valence-electron chi connectivity index (χ2n) is 7.48. The molecule has 1 aliphatic heterocycles. The number of halogens is 1. The maximum absolute atomic E-state index is 5.83. The van der Waals surface area contributed by atoms with Crippen molar-refractivity contribution in [2.75, 3.05) is 12.0 Å². The van der Waals surface area contributed by atoms with Crippen LogP contribution in [0.4, 0.5) is 5.69 Å². The van der Waals surface area contributed by atoms with E-state index in [1.54, 1.807) is 7.11 Å². The molecule has 0 bridgehead atoms. The van der Waals surface area contributed by atoms with Crippen molar-refractivity contribution in [3.8, 4) is 11.4 Å². The van der Waals surface area contributed by atoms with Gasteiger partial charge in [-0.05, 0) is 78.9 Å². The van der Waals surface area contributed by atoms with Crippen molar-refractivity contribution >= 4 is 38.9 Å². The van der Waals surface area contributed by atoms with Crippen LogP contribution in [-0.4, -0.2) is 21.8 Å². The van der Waals surface area contributed by atoms with Crippen molar-refractivity contribution in [2.45, 2.75) is 12.1 Å². The molecule has 1 saturated heterocycles. The van der Waals surface area contributed by atoms with Crippen LogP contribution in [0.3, 0.4) is 0 Å². The van der Waals surface area contributed by atoms with Crippen LogP contribution in [0.25, 0.3) is 5.69 Å². The Morgan fingerprint density at radius 3 is 2.53 bits per heavy atom. The zero-order valence-corrected chi connectivity index (χ0v) is 19.8. The molecule has 1 N–H and O–H groups in total. The van der Waals surface area contributed by atoms with E-state index in [-0.39, 0.29) is 12.1 Å². The Hall–Kier alpha value is -3.16. The lowest BCUT2D eigenvalue weighted by Crippen LogP contribution is -2.30. The van der Waals surface area contributed by atoms with E-state index < -0.39 is 0 Å². The third kappa shape index (κ3) is 3.78. The minimum atomic E-state index is -0.105. The molecule has 2 aromatic carbocycles. The molecule has 0 spiro atoms. The molecular weight excluding hydrogens is 484 g/mol. The molecular formula is C25H21BrN4OS. The molecule has 32 heavy (non-hydrogen) atoms. The first-order chi connectivity index (χ1) is 15.7. The Bertz CT molecular complexity index is 1240. The van der Waals surface area contributed by atoms with Crippen molar-refractivity contribution in [1.29, 1.82) is 0 Å². The SMILES string of the molecule is COc1ccc(N2C(=S)NC(c3ccccn3)C2c2cccn2-c2cccc(Br)c2)cc1. The van der Waals surface area contributed by atoms with Gasteiger partial charge in [0.05, 0.1) is 18.8 Å². The van der Waals surface area contributed by atoms with E-state index in [2.05, 4.69) is 66.2 Å². The van der Waals surface area contributed by atoms with E-state index in [1.807, 2.05) is 60.8 Å². The highest BCUT2D eigenvalue weighted by Crippen LogP contribution is 2.42. The van der Waals surface area contributed by atoms with E-state index in [9.17, 15) is 0 Å². The molecule has 0 saturated carbocycles. The number of nitrogens with one attached hydrogen (secondary N) is 1. The van der Waals surface area contributed by atoms with Gasteiger partial charge in [0.1, 0.15) is 11.8 Å². The van der Waals surface area contributed by atoms with Gasteiger partial charge in [-0.1, -0.05) is 28.1 Å². The Labute approximate surface area is 200 Å². The Balaban J connectivity index is 1.65. The van der Waals surface area contributed by atoms with Crippen LogP contribution in [0.2, 0.25) is 0 Å². The van der Waals surface area contributed by atoms with Crippen LogP contribution in [0.5, 0.6) is 5.75 Å². The van der Waals surface area contributed by atoms with Crippen molar-refractivity contribution in [3.05, 3.63) is 107 Å². The second-order valence-corrected chi connectivity index (χ2v) is 8.78. The Morgan fingerprint density at radius 1 is 0.969 bits per heavy atom. The largest absolute Gasteiger partial charge is 0.497 e. The van der Waals surface area contributed by atoms with Crippen LogP contribution in [0.1, 0.15) is 23.5 Å². The van der Waals surface area contributed by atoms with Gasteiger partial charge >= 0.3 is 0 Å². The van der Waals surface area contributed by atoms with Gasteiger partial charge in [-0.25, -0.2) is 0 Å². The van der Waals surface area contributed by atoms with Crippen LogP contribution in [-0.2, 0) is 0 Å². The fourth-order valence-electron chi connectivity index (χ4n) is 4.17. The normalized spacial score (nSPS) is 17.9. The molecule has 2 aromatic heterocycles. The number of rotatable bonds is 5. The summed E-state index contributed by atoms with van der Waals surface area (Å²) in [5.74, 6) is 0.808. The van der Waals surface area contributed by atoms with Crippen molar-refractivity contribution < 1.29 is 4.74 Å². The monoisotopic (exact) mass is 504 g/mol. The molecule has 3 heterocycles. The van der Waals surface area contributed by atoms with Crippen molar-refractivity contribution in [3.63, 3.8) is 0 Å². The van der Waals surface area contributed by atoms with E-state index in [4.69, 9.17) is 17.0 Å². The molecule has 1 aliphatic rings. The van der Waals surface area contributed by atoms with Gasteiger partial charge in [-0.2, -0.15) is 0 Å². The Kier molecular flexibility index (Phi) is 5.68. The number of anilines is 1. The number of ether oxygens (including phenoxy) is 1. The molecule has 0 amide bonds. The Morgan fingerprint density at radius 2 is 1.81 bits per heavy atom. The summed E-state index contributed by atoms with van der Waals surface area (Å²) in [6.45, 7) is 0. The summed E-state index contributed by atoms with van der Waals surface area (Å²) in [4.78, 5) is 6.81. The van der Waals surface area contributed by atoms with Crippen LogP contribution >= 0.6 is 28.1 Å². The van der Waals surface area contributed by atoms with Crippen molar-refractivity contribution in [2.24, 2.45) is 0 Å². The highest BCUT2D eigenvalue weighted by Gasteiger charge is 2.42. The predicted molar refractivity (Wildman–Crippen MR) is 134 cm³/mol. The predicted octanol–water partition coefficient (Wildman–Crippen LogP) is 5.82. The first kappa shape index (κ1) is 20.7. The van der Waals surface area contributed by atoms with E-state index in [0.29, 0.717) is 5.11 Å². The highest BCUT2D eigenvalue weighted by atomic mass is 79.9. The summed E-state index contributed by atoms with van der Waals surface area (Å²) >= 11 is 9.43. The maximum atomic E-state index is 5.83. The van der Waals surface area contributed by atoms with Crippen LogP contribution < -0.4 is 15.0 Å². The number of hydrogen-bond acceptors (Lipinski definition) is 3. The van der Waals surface area contributed by atoms with Crippen LogP contribution in [0.15, 0.2) is 95.7 Å². The minimum Gasteiger partial charge on any atom is -0.497 e. The van der Waals surface area contributed by atoms with Gasteiger partial charge < -0.3 is 19.5 Å². The summed E-state index contributed by atoms with van der Waals surface area (Å²) in [5.41, 5.74) is 4.13. The van der Waals surface area contributed by atoms with Gasteiger partial charge in [0.25, 0.3) is 0 Å². The smallest absolute Gasteiger partial charge is 0.174 e. The van der Waals surface area contributed by atoms with E-state index in [0.717, 1.165) is 33.0 Å². The average Bonchev–Trinajstić information content (AvgIpc) is 3.44. The summed E-state index contributed by atoms with van der Waals surface area (Å²) in [5, 5.41) is 4.18. The summed E-state index contributed by atoms with van der Waals surface area (Å²) in [6.07, 6.45) is 3.90. The fraction of sp³-hybridized carbons (Fsp3) is 0.120. The second kappa shape index (κ2) is 8.76. The third-order valence-corrected chi connectivity index (χ3v) is 6.43. The summed E-state index contributed by atoms with van der Waals surface area (Å²) in [7, 11) is 1.67. The first-order valence-electron chi connectivity index (χ1n) is 10.2. The zero-order valence-electron chi connectivity index (χ0n) is 17.4. The lowest BCUT2D eigenvalue weighted by atomic mass is 10.0. The molecule has 160 valence electrons. The molecule has 5 nitrogen and oxygen atoms in total. The number of nitrogens with zero attached hydrogens (tertiary/aromatic N) is 3. The quantitative estimate of drug-likeness (QED) is 0.346. The van der Waals surface area contributed by atoms with Gasteiger partial charge in [-0.3, -0.25) is 4.98 Å². The summed E-state index contributed by atoms with van der Waals surface area (Å²) < 4.78 is 8.59. The molecule has 0 aliphatic carbocycles. The molecule has 0 radical (unpaired) electrons. The van der Waals surface area contributed by atoms with Gasteiger partial charge in [0.2, 0.25) is 0 Å². The number of methoxy groups -OCH3 is 1. The maximum Gasteiger partial charge on any atom is 0.174 e. The number of thiocarbonyl (C=S) groups is 1. The molecule has 4 aromatic rings. The lowest BCUT2D eigenvalue weighted by Gasteiger charge is -2.29. The number of pyridine rings is 1. The third-order valence-electron chi connectivity index (χ3n) is 5.62. The number of benzene rings is 2. The highest BCUT2D eigenvalue weighted by molar-refractivity contribution is 9.10. The van der Waals surface area contributed by atoms with Gasteiger partial charge in [0, 0.05) is 33.9 Å². The van der Waals surface area contributed by atoms with Crippen molar-refractivity contribution in [1.82, 2.24) is 14.9 Å². The standard InChI is InChI=1S/C25H21BrN4OS/c1-31-20-12-10-18(11-13-20)30-24(23(28-25(30)32)21-8-2-3-14-27-21)22-9-5-15-29(22)19-7-4-6-17(26)16-19/h2-16,23-24H,1H3,(H,28,32). The molecule has 7 heteroatoms. The van der Waals surface area contributed by atoms with Gasteiger partial charge in [-0.15, -0.1) is 0 Å². The van der Waals surface area contributed by atoms with E-state index in [1.165, 1.54) is 0 Å². The summed E-state index contributed by atoms with van der Waals surface area (Å²) in [6, 6.07) is 26.2. The fourth-order valence-corrected chi connectivity index (χ4v) is 4.91. The van der Waals surface area contributed by atoms with Crippen LogP contribution in [0, 0.1) is 0 Å². The molecule has 2 atom stereocenters. The average molecular weight is 505 g/mol. The van der Waals surface area contributed by atoms with Gasteiger partial charge in [0.15, 0.2) is 5.11 Å². The topological polar surface area (TPSA) is 42.3 Å². The lowest BCUT2D eigenvalue weighted by molar-refractivity contribution is 0.415. The zero-order chi connectivity index (χ0) is 22.1. The number of aromatic nitrogens is 2.